The first-order chi connectivity index (χ1) is 11.5. The summed E-state index contributed by atoms with van der Waals surface area (Å²) in [6.45, 7) is 3.23. The van der Waals surface area contributed by atoms with Gasteiger partial charge in [0.25, 0.3) is 0 Å². The summed E-state index contributed by atoms with van der Waals surface area (Å²) in [4.78, 5) is 27.7. The van der Waals surface area contributed by atoms with Crippen LogP contribution < -0.4 is 0 Å². The van der Waals surface area contributed by atoms with E-state index in [9.17, 15) is 14.7 Å². The molecule has 0 bridgehead atoms. The summed E-state index contributed by atoms with van der Waals surface area (Å²) < 4.78 is 5.08. The second kappa shape index (κ2) is 6.20. The zero-order chi connectivity index (χ0) is 17.3. The van der Waals surface area contributed by atoms with Gasteiger partial charge in [0.2, 0.25) is 5.78 Å². The highest BCUT2D eigenvalue weighted by molar-refractivity contribution is 6.10. The van der Waals surface area contributed by atoms with Crippen molar-refractivity contribution in [1.29, 1.82) is 0 Å². The highest BCUT2D eigenvalue weighted by atomic mass is 16.5. The van der Waals surface area contributed by atoms with Crippen LogP contribution in [0.5, 0.6) is 5.75 Å². The molecule has 0 saturated carbocycles. The molecule has 0 spiro atoms. The number of aromatic amines is 1. The van der Waals surface area contributed by atoms with Crippen LogP contribution in [0.2, 0.25) is 0 Å². The van der Waals surface area contributed by atoms with Crippen molar-refractivity contribution in [1.82, 2.24) is 4.98 Å². The van der Waals surface area contributed by atoms with Gasteiger partial charge in [0.15, 0.2) is 6.61 Å². The number of fused-ring (bicyclic) bond motifs is 1. The van der Waals surface area contributed by atoms with Crippen molar-refractivity contribution in [2.45, 2.75) is 13.8 Å². The lowest BCUT2D eigenvalue weighted by Gasteiger charge is -2.07. The number of esters is 1. The summed E-state index contributed by atoms with van der Waals surface area (Å²) in [6.07, 6.45) is 0. The fourth-order valence-electron chi connectivity index (χ4n) is 2.73. The third kappa shape index (κ3) is 2.88. The average molecular weight is 323 g/mol. The molecule has 1 heterocycles. The zero-order valence-electron chi connectivity index (χ0n) is 13.4. The third-order valence-corrected chi connectivity index (χ3v) is 3.88. The van der Waals surface area contributed by atoms with Crippen LogP contribution in [0.4, 0.5) is 0 Å². The smallest absolute Gasteiger partial charge is 0.342 e. The number of aryl methyl sites for hydroxylation is 2. The van der Waals surface area contributed by atoms with E-state index in [0.717, 1.165) is 22.2 Å². The Bertz CT molecular complexity index is 940. The lowest BCUT2D eigenvalue weighted by Crippen LogP contribution is -2.15. The normalized spacial score (nSPS) is 10.8. The van der Waals surface area contributed by atoms with Crippen molar-refractivity contribution >= 4 is 22.7 Å². The average Bonchev–Trinajstić information content (AvgIpc) is 2.88. The number of Topliss-reactive ketones (excluding diaryl/α,β-unsaturated/α-hetero) is 1. The molecule has 0 aliphatic carbocycles. The van der Waals surface area contributed by atoms with Crippen molar-refractivity contribution in [3.63, 3.8) is 0 Å². The Hall–Kier alpha value is -3.08. The van der Waals surface area contributed by atoms with E-state index in [0.29, 0.717) is 5.56 Å². The van der Waals surface area contributed by atoms with Crippen molar-refractivity contribution in [3.8, 4) is 5.75 Å². The monoisotopic (exact) mass is 323 g/mol. The predicted molar refractivity (Wildman–Crippen MR) is 90.5 cm³/mol. The molecule has 1 aromatic heterocycles. The van der Waals surface area contributed by atoms with Gasteiger partial charge in [-0.1, -0.05) is 24.3 Å². The number of carbonyl (C=O) groups excluding carboxylic acids is 2. The maximum Gasteiger partial charge on any atom is 0.342 e. The van der Waals surface area contributed by atoms with Gasteiger partial charge in [0.05, 0.1) is 0 Å². The van der Waals surface area contributed by atoms with E-state index in [2.05, 4.69) is 4.98 Å². The van der Waals surface area contributed by atoms with Gasteiger partial charge in [-0.05, 0) is 37.6 Å². The molecule has 0 radical (unpaired) electrons. The van der Waals surface area contributed by atoms with E-state index in [1.54, 1.807) is 19.9 Å². The molecule has 0 aliphatic rings. The Balaban J connectivity index is 1.77. The van der Waals surface area contributed by atoms with E-state index in [1.807, 2.05) is 24.3 Å². The summed E-state index contributed by atoms with van der Waals surface area (Å²) in [5.41, 5.74) is 2.99. The SMILES string of the molecule is Cc1ccc(C(=O)OCC(=O)c2c(C)[nH]c3ccccc23)c(O)c1. The second-order valence-corrected chi connectivity index (χ2v) is 5.69. The van der Waals surface area contributed by atoms with Gasteiger partial charge >= 0.3 is 5.97 Å². The predicted octanol–water partition coefficient (Wildman–Crippen LogP) is 3.53. The van der Waals surface area contributed by atoms with Crippen LogP contribution in [0.25, 0.3) is 10.9 Å². The minimum Gasteiger partial charge on any atom is -0.507 e. The molecular weight excluding hydrogens is 306 g/mol. The van der Waals surface area contributed by atoms with E-state index in [1.165, 1.54) is 12.1 Å². The number of ketones is 1. The van der Waals surface area contributed by atoms with Crippen LogP contribution in [-0.4, -0.2) is 28.4 Å². The molecule has 122 valence electrons. The van der Waals surface area contributed by atoms with Crippen molar-refractivity contribution in [2.24, 2.45) is 0 Å². The first kappa shape index (κ1) is 15.8. The molecule has 5 nitrogen and oxygen atoms in total. The molecule has 5 heteroatoms. The second-order valence-electron chi connectivity index (χ2n) is 5.69. The number of aromatic hydroxyl groups is 1. The molecule has 0 unspecified atom stereocenters. The van der Waals surface area contributed by atoms with Crippen LogP contribution >= 0.6 is 0 Å². The highest BCUT2D eigenvalue weighted by Gasteiger charge is 2.19. The van der Waals surface area contributed by atoms with Gasteiger partial charge in [-0.3, -0.25) is 4.79 Å². The van der Waals surface area contributed by atoms with Gasteiger partial charge in [0, 0.05) is 22.2 Å². The van der Waals surface area contributed by atoms with E-state index >= 15 is 0 Å². The first-order valence-electron chi connectivity index (χ1n) is 7.54. The molecule has 3 aromatic rings. The molecule has 0 saturated heterocycles. The van der Waals surface area contributed by atoms with Gasteiger partial charge in [-0.15, -0.1) is 0 Å². The Kier molecular flexibility index (Phi) is 4.08. The van der Waals surface area contributed by atoms with Gasteiger partial charge in [-0.2, -0.15) is 0 Å². The van der Waals surface area contributed by atoms with E-state index in [-0.39, 0.29) is 23.7 Å². The maximum atomic E-state index is 12.5. The summed E-state index contributed by atoms with van der Waals surface area (Å²) in [5, 5.41) is 10.6. The van der Waals surface area contributed by atoms with Crippen LogP contribution in [0.3, 0.4) is 0 Å². The third-order valence-electron chi connectivity index (χ3n) is 3.88. The number of hydrogen-bond acceptors (Lipinski definition) is 4. The van der Waals surface area contributed by atoms with E-state index in [4.69, 9.17) is 4.74 Å². The zero-order valence-corrected chi connectivity index (χ0v) is 13.4. The van der Waals surface area contributed by atoms with Gasteiger partial charge in [0.1, 0.15) is 11.3 Å². The standard InChI is InChI=1S/C19H17NO4/c1-11-7-8-14(16(21)9-11)19(23)24-10-17(22)18-12(2)20-15-6-4-3-5-13(15)18/h3-9,20-21H,10H2,1-2H3. The topological polar surface area (TPSA) is 79.4 Å². The number of para-hydroxylation sites is 1. The fourth-order valence-corrected chi connectivity index (χ4v) is 2.73. The number of rotatable bonds is 4. The number of phenols is 1. The molecule has 0 atom stereocenters. The minimum absolute atomic E-state index is 0.0454. The first-order valence-corrected chi connectivity index (χ1v) is 7.54. The molecule has 0 aliphatic heterocycles. The molecule has 2 N–H and O–H groups in total. The summed E-state index contributed by atoms with van der Waals surface area (Å²) in [7, 11) is 0. The van der Waals surface area contributed by atoms with Crippen molar-refractivity contribution in [2.75, 3.05) is 6.61 Å². The van der Waals surface area contributed by atoms with Gasteiger partial charge in [-0.25, -0.2) is 4.79 Å². The molecule has 3 rings (SSSR count). The number of hydrogen-bond donors (Lipinski definition) is 2. The van der Waals surface area contributed by atoms with Crippen LogP contribution in [0.1, 0.15) is 32.0 Å². The lowest BCUT2D eigenvalue weighted by molar-refractivity contribution is 0.0472. The number of aromatic nitrogens is 1. The molecule has 24 heavy (non-hydrogen) atoms. The Morgan fingerprint density at radius 2 is 1.88 bits per heavy atom. The molecule has 0 fully saturated rings. The number of benzene rings is 2. The quantitative estimate of drug-likeness (QED) is 0.568. The fraction of sp³-hybridized carbons (Fsp3) is 0.158. The Morgan fingerprint density at radius 1 is 1.12 bits per heavy atom. The Labute approximate surface area is 138 Å². The summed E-state index contributed by atoms with van der Waals surface area (Å²) in [5.74, 6) is -1.17. The largest absolute Gasteiger partial charge is 0.507 e. The Morgan fingerprint density at radius 3 is 2.62 bits per heavy atom. The number of phenolic OH excluding ortho intramolecular Hbond substituents is 1. The number of nitrogens with one attached hydrogen (secondary N) is 1. The number of carbonyl (C=O) groups is 2. The highest BCUT2D eigenvalue weighted by Crippen LogP contribution is 2.23. The summed E-state index contributed by atoms with van der Waals surface area (Å²) in [6, 6.07) is 12.1. The van der Waals surface area contributed by atoms with Gasteiger partial charge < -0.3 is 14.8 Å². The van der Waals surface area contributed by atoms with Crippen LogP contribution in [0.15, 0.2) is 42.5 Å². The van der Waals surface area contributed by atoms with Crippen molar-refractivity contribution in [3.05, 3.63) is 64.8 Å². The molecule has 0 amide bonds. The number of ether oxygens (including phenoxy) is 1. The summed E-state index contributed by atoms with van der Waals surface area (Å²) >= 11 is 0. The van der Waals surface area contributed by atoms with Crippen LogP contribution in [0, 0.1) is 13.8 Å². The van der Waals surface area contributed by atoms with E-state index < -0.39 is 5.97 Å². The minimum atomic E-state index is -0.724. The molecular formula is C19H17NO4. The van der Waals surface area contributed by atoms with Crippen LogP contribution in [-0.2, 0) is 4.74 Å². The maximum absolute atomic E-state index is 12.5. The van der Waals surface area contributed by atoms with Crippen molar-refractivity contribution < 1.29 is 19.4 Å². The number of H-pyrrole nitrogens is 1. The molecule has 2 aromatic carbocycles. The lowest BCUT2D eigenvalue weighted by atomic mass is 10.1.